The third-order valence-corrected chi connectivity index (χ3v) is 3.05. The van der Waals surface area contributed by atoms with Gasteiger partial charge in [0.1, 0.15) is 6.04 Å². The summed E-state index contributed by atoms with van der Waals surface area (Å²) in [6.45, 7) is 0.233. The molecule has 0 saturated heterocycles. The van der Waals surface area contributed by atoms with Crippen LogP contribution in [-0.2, 0) is 22.4 Å². The summed E-state index contributed by atoms with van der Waals surface area (Å²) < 4.78 is 4.85. The second kappa shape index (κ2) is 5.29. The molecule has 0 saturated carbocycles. The minimum atomic E-state index is -0.617. The van der Waals surface area contributed by atoms with Gasteiger partial charge in [-0.15, -0.1) is 0 Å². The van der Waals surface area contributed by atoms with E-state index in [1.807, 2.05) is 12.1 Å². The van der Waals surface area contributed by atoms with Crippen LogP contribution in [0.15, 0.2) is 18.2 Å². The fraction of sp³-hybridized carbons (Fsp3) is 0.462. The minimum Gasteiger partial charge on any atom is -0.383 e. The lowest BCUT2D eigenvalue weighted by Gasteiger charge is -2.12. The first kappa shape index (κ1) is 12.1. The van der Waals surface area contributed by atoms with E-state index >= 15 is 0 Å². The molecule has 1 aromatic carbocycles. The summed E-state index contributed by atoms with van der Waals surface area (Å²) in [4.78, 5) is 11.7. The maximum absolute atomic E-state index is 11.7. The summed E-state index contributed by atoms with van der Waals surface area (Å²) in [7, 11) is 1.53. The Kier molecular flexibility index (Phi) is 3.76. The lowest BCUT2D eigenvalue weighted by atomic mass is 10.1. The molecule has 1 aliphatic carbocycles. The van der Waals surface area contributed by atoms with Gasteiger partial charge in [0.05, 0.1) is 6.61 Å². The van der Waals surface area contributed by atoms with E-state index in [9.17, 15) is 4.79 Å². The van der Waals surface area contributed by atoms with Crippen molar-refractivity contribution in [3.8, 4) is 0 Å². The maximum atomic E-state index is 11.7. The van der Waals surface area contributed by atoms with E-state index in [4.69, 9.17) is 10.5 Å². The number of carbonyl (C=O) groups excluding carboxylic acids is 1. The van der Waals surface area contributed by atoms with Crippen LogP contribution in [0.3, 0.4) is 0 Å². The summed E-state index contributed by atoms with van der Waals surface area (Å²) in [6.07, 6.45) is 3.45. The number of rotatable bonds is 4. The highest BCUT2D eigenvalue weighted by molar-refractivity contribution is 5.94. The van der Waals surface area contributed by atoms with Crippen LogP contribution in [0.25, 0.3) is 0 Å². The van der Waals surface area contributed by atoms with Crippen molar-refractivity contribution >= 4 is 11.6 Å². The van der Waals surface area contributed by atoms with Gasteiger partial charge in [0.15, 0.2) is 0 Å². The highest BCUT2D eigenvalue weighted by atomic mass is 16.5. The molecule has 4 nitrogen and oxygen atoms in total. The molecular formula is C13H18N2O2. The Morgan fingerprint density at radius 1 is 1.47 bits per heavy atom. The van der Waals surface area contributed by atoms with Crippen molar-refractivity contribution in [1.29, 1.82) is 0 Å². The normalized spacial score (nSPS) is 15.4. The molecule has 17 heavy (non-hydrogen) atoms. The van der Waals surface area contributed by atoms with Crippen LogP contribution in [0.2, 0.25) is 0 Å². The Balaban J connectivity index is 2.01. The molecule has 1 atom stereocenters. The van der Waals surface area contributed by atoms with Crippen molar-refractivity contribution in [1.82, 2.24) is 0 Å². The summed E-state index contributed by atoms with van der Waals surface area (Å²) in [5.41, 5.74) is 9.20. The molecule has 0 bridgehead atoms. The number of nitrogens with one attached hydrogen (secondary N) is 1. The topological polar surface area (TPSA) is 64.3 Å². The molecule has 4 heteroatoms. The van der Waals surface area contributed by atoms with Gasteiger partial charge in [-0.3, -0.25) is 4.79 Å². The monoisotopic (exact) mass is 234 g/mol. The fourth-order valence-corrected chi connectivity index (χ4v) is 2.14. The van der Waals surface area contributed by atoms with Crippen LogP contribution in [-0.4, -0.2) is 25.7 Å². The molecule has 0 fully saturated rings. The van der Waals surface area contributed by atoms with Gasteiger partial charge < -0.3 is 15.8 Å². The molecule has 1 amide bonds. The summed E-state index contributed by atoms with van der Waals surface area (Å²) in [5.74, 6) is -0.204. The molecule has 3 N–H and O–H groups in total. The number of benzene rings is 1. The summed E-state index contributed by atoms with van der Waals surface area (Å²) in [6, 6.07) is 5.44. The second-order valence-corrected chi connectivity index (χ2v) is 4.39. The van der Waals surface area contributed by atoms with E-state index in [0.29, 0.717) is 0 Å². The first-order valence-corrected chi connectivity index (χ1v) is 5.88. The van der Waals surface area contributed by atoms with Crippen LogP contribution in [0.5, 0.6) is 0 Å². The van der Waals surface area contributed by atoms with Gasteiger partial charge in [-0.05, 0) is 42.5 Å². The highest BCUT2D eigenvalue weighted by Gasteiger charge is 2.15. The first-order chi connectivity index (χ1) is 8.20. The van der Waals surface area contributed by atoms with Crippen molar-refractivity contribution in [2.24, 2.45) is 5.73 Å². The quantitative estimate of drug-likeness (QED) is 0.819. The number of hydrogen-bond acceptors (Lipinski definition) is 3. The van der Waals surface area contributed by atoms with Crippen LogP contribution < -0.4 is 11.1 Å². The van der Waals surface area contributed by atoms with Crippen molar-refractivity contribution in [3.63, 3.8) is 0 Å². The maximum Gasteiger partial charge on any atom is 0.243 e. The number of aryl methyl sites for hydroxylation is 2. The van der Waals surface area contributed by atoms with E-state index in [1.165, 1.54) is 24.7 Å². The summed E-state index contributed by atoms with van der Waals surface area (Å²) >= 11 is 0. The Morgan fingerprint density at radius 2 is 2.24 bits per heavy atom. The smallest absolute Gasteiger partial charge is 0.243 e. The first-order valence-electron chi connectivity index (χ1n) is 5.88. The van der Waals surface area contributed by atoms with Crippen LogP contribution in [0.1, 0.15) is 17.5 Å². The van der Waals surface area contributed by atoms with Crippen LogP contribution >= 0.6 is 0 Å². The molecule has 0 spiro atoms. The van der Waals surface area contributed by atoms with Crippen LogP contribution in [0, 0.1) is 0 Å². The molecule has 0 aliphatic heterocycles. The molecule has 1 aromatic rings. The van der Waals surface area contributed by atoms with E-state index < -0.39 is 6.04 Å². The molecule has 1 unspecified atom stereocenters. The molecule has 92 valence electrons. The summed E-state index contributed by atoms with van der Waals surface area (Å²) in [5, 5.41) is 2.81. The molecule has 2 rings (SSSR count). The van der Waals surface area contributed by atoms with Gasteiger partial charge in [-0.2, -0.15) is 0 Å². The number of carbonyl (C=O) groups is 1. The van der Waals surface area contributed by atoms with Gasteiger partial charge >= 0.3 is 0 Å². The number of fused-ring (bicyclic) bond motifs is 1. The Morgan fingerprint density at radius 3 is 3.00 bits per heavy atom. The van der Waals surface area contributed by atoms with E-state index in [2.05, 4.69) is 11.4 Å². The third-order valence-electron chi connectivity index (χ3n) is 3.05. The van der Waals surface area contributed by atoms with Gasteiger partial charge in [-0.25, -0.2) is 0 Å². The number of ether oxygens (including phenoxy) is 1. The van der Waals surface area contributed by atoms with Gasteiger partial charge in [-0.1, -0.05) is 6.07 Å². The average Bonchev–Trinajstić information content (AvgIpc) is 2.76. The van der Waals surface area contributed by atoms with Crippen LogP contribution in [0.4, 0.5) is 5.69 Å². The van der Waals surface area contributed by atoms with E-state index in [1.54, 1.807) is 0 Å². The largest absolute Gasteiger partial charge is 0.383 e. The zero-order valence-corrected chi connectivity index (χ0v) is 10.0. The van der Waals surface area contributed by atoms with E-state index in [0.717, 1.165) is 18.5 Å². The number of anilines is 1. The molecule has 1 aliphatic rings. The number of amides is 1. The number of methoxy groups -OCH3 is 1. The van der Waals surface area contributed by atoms with Crippen molar-refractivity contribution in [2.45, 2.75) is 25.3 Å². The zero-order chi connectivity index (χ0) is 12.3. The molecule has 0 heterocycles. The van der Waals surface area contributed by atoms with Gasteiger partial charge in [0, 0.05) is 12.8 Å². The zero-order valence-electron chi connectivity index (χ0n) is 10.0. The Bertz CT molecular complexity index is 418. The standard InChI is InChI=1S/C13H18N2O2/c1-17-8-12(14)13(16)15-11-6-5-9-3-2-4-10(9)7-11/h5-7,12H,2-4,8,14H2,1H3,(H,15,16). The molecule has 0 aromatic heterocycles. The SMILES string of the molecule is COCC(N)C(=O)Nc1ccc2c(c1)CCC2. The predicted molar refractivity (Wildman–Crippen MR) is 66.9 cm³/mol. The highest BCUT2D eigenvalue weighted by Crippen LogP contribution is 2.24. The Labute approximate surface area is 101 Å². The average molecular weight is 234 g/mol. The van der Waals surface area contributed by atoms with Crippen molar-refractivity contribution in [2.75, 3.05) is 19.0 Å². The predicted octanol–water partition coefficient (Wildman–Crippen LogP) is 1.09. The van der Waals surface area contributed by atoms with Crippen molar-refractivity contribution < 1.29 is 9.53 Å². The Hall–Kier alpha value is -1.39. The third kappa shape index (κ3) is 2.84. The lowest BCUT2D eigenvalue weighted by molar-refractivity contribution is -0.118. The fourth-order valence-electron chi connectivity index (χ4n) is 2.14. The van der Waals surface area contributed by atoms with Gasteiger partial charge in [0.2, 0.25) is 5.91 Å². The minimum absolute atomic E-state index is 0.204. The number of hydrogen-bond donors (Lipinski definition) is 2. The van der Waals surface area contributed by atoms with Gasteiger partial charge in [0.25, 0.3) is 0 Å². The number of nitrogens with two attached hydrogens (primary N) is 1. The van der Waals surface area contributed by atoms with Crippen molar-refractivity contribution in [3.05, 3.63) is 29.3 Å². The lowest BCUT2D eigenvalue weighted by Crippen LogP contribution is -2.39. The van der Waals surface area contributed by atoms with E-state index in [-0.39, 0.29) is 12.5 Å². The second-order valence-electron chi connectivity index (χ2n) is 4.39. The molecular weight excluding hydrogens is 216 g/mol. The molecule has 0 radical (unpaired) electrons.